The Kier molecular flexibility index (Phi) is 3.34. The molecule has 0 saturated heterocycles. The first-order valence-corrected chi connectivity index (χ1v) is 6.93. The van der Waals surface area contributed by atoms with E-state index in [0.29, 0.717) is 6.42 Å². The average Bonchev–Trinajstić information content (AvgIpc) is 2.86. The van der Waals surface area contributed by atoms with Crippen LogP contribution in [0.4, 0.5) is 0 Å². The molecule has 0 aliphatic heterocycles. The summed E-state index contributed by atoms with van der Waals surface area (Å²) in [7, 11) is 0. The van der Waals surface area contributed by atoms with Gasteiger partial charge in [-0.05, 0) is 60.6 Å². The minimum absolute atomic E-state index is 0.514. The summed E-state index contributed by atoms with van der Waals surface area (Å²) in [6, 6.07) is 10.5. The molecule has 0 radical (unpaired) electrons. The number of fused-ring (bicyclic) bond motifs is 1. The molecule has 1 N–H and O–H groups in total. The molecule has 1 unspecified atom stereocenters. The summed E-state index contributed by atoms with van der Waals surface area (Å²) in [4.78, 5) is 4.26. The molecule has 1 heterocycles. The van der Waals surface area contributed by atoms with E-state index in [2.05, 4.69) is 23.2 Å². The highest BCUT2D eigenvalue weighted by Crippen LogP contribution is 2.25. The molecular weight excluding hydrogens is 234 g/mol. The van der Waals surface area contributed by atoms with Crippen LogP contribution in [-0.2, 0) is 19.3 Å². The van der Waals surface area contributed by atoms with Crippen molar-refractivity contribution in [3.05, 3.63) is 64.5 Å². The Morgan fingerprint density at radius 3 is 2.84 bits per heavy atom. The molecule has 0 bridgehead atoms. The predicted molar refractivity (Wildman–Crippen MR) is 76.1 cm³/mol. The van der Waals surface area contributed by atoms with Gasteiger partial charge in [0, 0.05) is 12.6 Å². The second-order valence-corrected chi connectivity index (χ2v) is 5.43. The fourth-order valence-corrected chi connectivity index (χ4v) is 2.82. The first-order chi connectivity index (χ1) is 9.22. The van der Waals surface area contributed by atoms with Crippen LogP contribution < -0.4 is 0 Å². The number of hydrogen-bond acceptors (Lipinski definition) is 2. The summed E-state index contributed by atoms with van der Waals surface area (Å²) in [6.45, 7) is 2.02. The van der Waals surface area contributed by atoms with E-state index in [-0.39, 0.29) is 0 Å². The van der Waals surface area contributed by atoms with Crippen LogP contribution in [0.5, 0.6) is 0 Å². The number of pyridine rings is 1. The molecule has 98 valence electrons. The fourth-order valence-electron chi connectivity index (χ4n) is 2.82. The Bertz CT molecular complexity index is 592. The quantitative estimate of drug-likeness (QED) is 0.911. The van der Waals surface area contributed by atoms with E-state index in [9.17, 15) is 5.11 Å². The maximum Gasteiger partial charge on any atom is 0.1000 e. The van der Waals surface area contributed by atoms with Crippen molar-refractivity contribution in [2.75, 3.05) is 0 Å². The van der Waals surface area contributed by atoms with Crippen molar-refractivity contribution in [1.82, 2.24) is 4.98 Å². The Hall–Kier alpha value is -1.67. The second kappa shape index (κ2) is 5.14. The first kappa shape index (κ1) is 12.4. The zero-order chi connectivity index (χ0) is 13.2. The first-order valence-electron chi connectivity index (χ1n) is 6.93. The van der Waals surface area contributed by atoms with Gasteiger partial charge in [-0.15, -0.1) is 0 Å². The molecule has 1 aromatic heterocycles. The smallest absolute Gasteiger partial charge is 0.1000 e. The van der Waals surface area contributed by atoms with Gasteiger partial charge in [0.05, 0.1) is 11.8 Å². The molecule has 3 rings (SSSR count). The molecule has 0 saturated carbocycles. The van der Waals surface area contributed by atoms with E-state index in [1.807, 2.05) is 19.1 Å². The third kappa shape index (κ3) is 2.69. The minimum atomic E-state index is -0.514. The van der Waals surface area contributed by atoms with Gasteiger partial charge in [-0.3, -0.25) is 4.98 Å². The van der Waals surface area contributed by atoms with Crippen LogP contribution in [0.25, 0.3) is 0 Å². The van der Waals surface area contributed by atoms with Gasteiger partial charge >= 0.3 is 0 Å². The van der Waals surface area contributed by atoms with Crippen LogP contribution in [0.1, 0.15) is 40.5 Å². The van der Waals surface area contributed by atoms with E-state index in [1.165, 1.54) is 36.0 Å². The van der Waals surface area contributed by atoms with Crippen LogP contribution in [-0.4, -0.2) is 10.1 Å². The lowest BCUT2D eigenvalue weighted by Crippen LogP contribution is -2.04. The molecule has 1 aliphatic carbocycles. The Morgan fingerprint density at radius 2 is 2.00 bits per heavy atom. The van der Waals surface area contributed by atoms with Gasteiger partial charge in [0.1, 0.15) is 0 Å². The maximum absolute atomic E-state index is 10.3. The second-order valence-electron chi connectivity index (χ2n) is 5.43. The molecule has 1 atom stereocenters. The Labute approximate surface area is 114 Å². The van der Waals surface area contributed by atoms with Gasteiger partial charge < -0.3 is 5.11 Å². The number of aromatic nitrogens is 1. The van der Waals surface area contributed by atoms with E-state index < -0.39 is 6.10 Å². The fraction of sp³-hybridized carbons (Fsp3) is 0.353. The number of nitrogens with zero attached hydrogens (tertiary/aromatic N) is 1. The predicted octanol–water partition coefficient (Wildman–Crippen LogP) is 3.15. The number of aliphatic hydroxyl groups excluding tert-OH is 1. The molecule has 1 aromatic carbocycles. The van der Waals surface area contributed by atoms with Crippen molar-refractivity contribution in [3.8, 4) is 0 Å². The van der Waals surface area contributed by atoms with Gasteiger partial charge in [-0.2, -0.15) is 0 Å². The summed E-state index contributed by atoms with van der Waals surface area (Å²) < 4.78 is 0. The lowest BCUT2D eigenvalue weighted by molar-refractivity contribution is 0.173. The van der Waals surface area contributed by atoms with Gasteiger partial charge in [-0.25, -0.2) is 0 Å². The normalized spacial score (nSPS) is 15.3. The summed E-state index contributed by atoms with van der Waals surface area (Å²) in [5.74, 6) is 0. The van der Waals surface area contributed by atoms with Crippen molar-refractivity contribution in [1.29, 1.82) is 0 Å². The molecule has 0 fully saturated rings. The van der Waals surface area contributed by atoms with Crippen molar-refractivity contribution < 1.29 is 5.11 Å². The standard InChI is InChI=1S/C17H19NO/c1-12-7-8-18-16(9-12)17(19)11-13-5-6-14-3-2-4-15(14)10-13/h5-10,17,19H,2-4,11H2,1H3. The van der Waals surface area contributed by atoms with Gasteiger partial charge in [0.25, 0.3) is 0 Å². The third-order valence-corrected chi connectivity index (χ3v) is 3.87. The van der Waals surface area contributed by atoms with Crippen molar-refractivity contribution in [3.63, 3.8) is 0 Å². The number of aliphatic hydroxyl groups is 1. The van der Waals surface area contributed by atoms with Gasteiger partial charge in [0.2, 0.25) is 0 Å². The molecule has 2 heteroatoms. The zero-order valence-corrected chi connectivity index (χ0v) is 11.3. The highest BCUT2D eigenvalue weighted by atomic mass is 16.3. The van der Waals surface area contributed by atoms with E-state index in [0.717, 1.165) is 11.3 Å². The van der Waals surface area contributed by atoms with E-state index in [4.69, 9.17) is 0 Å². The van der Waals surface area contributed by atoms with E-state index >= 15 is 0 Å². The van der Waals surface area contributed by atoms with Crippen LogP contribution in [0, 0.1) is 6.92 Å². The summed E-state index contributed by atoms with van der Waals surface area (Å²) in [5, 5.41) is 10.3. The monoisotopic (exact) mass is 253 g/mol. The molecule has 2 nitrogen and oxygen atoms in total. The molecule has 1 aliphatic rings. The van der Waals surface area contributed by atoms with Crippen molar-refractivity contribution >= 4 is 0 Å². The average molecular weight is 253 g/mol. The molecule has 19 heavy (non-hydrogen) atoms. The summed E-state index contributed by atoms with van der Waals surface area (Å²) in [6.07, 6.45) is 5.54. The maximum atomic E-state index is 10.3. The topological polar surface area (TPSA) is 33.1 Å². The molecule has 2 aromatic rings. The number of benzene rings is 1. The van der Waals surface area contributed by atoms with Crippen LogP contribution in [0.2, 0.25) is 0 Å². The lowest BCUT2D eigenvalue weighted by atomic mass is 10.0. The Balaban J connectivity index is 1.77. The number of hydrogen-bond donors (Lipinski definition) is 1. The molecular formula is C17H19NO. The lowest BCUT2D eigenvalue weighted by Gasteiger charge is -2.12. The number of rotatable bonds is 3. The molecule has 0 amide bonds. The SMILES string of the molecule is Cc1ccnc(C(O)Cc2ccc3c(c2)CCC3)c1. The van der Waals surface area contributed by atoms with Crippen LogP contribution >= 0.6 is 0 Å². The summed E-state index contributed by atoms with van der Waals surface area (Å²) >= 11 is 0. The number of aryl methyl sites for hydroxylation is 3. The van der Waals surface area contributed by atoms with Crippen molar-refractivity contribution in [2.45, 2.75) is 38.7 Å². The van der Waals surface area contributed by atoms with Gasteiger partial charge in [-0.1, -0.05) is 18.2 Å². The summed E-state index contributed by atoms with van der Waals surface area (Å²) in [5.41, 5.74) is 6.05. The zero-order valence-electron chi connectivity index (χ0n) is 11.3. The minimum Gasteiger partial charge on any atom is -0.386 e. The van der Waals surface area contributed by atoms with Gasteiger partial charge in [0.15, 0.2) is 0 Å². The highest BCUT2D eigenvalue weighted by Gasteiger charge is 2.14. The van der Waals surface area contributed by atoms with Crippen LogP contribution in [0.15, 0.2) is 36.5 Å². The van der Waals surface area contributed by atoms with Crippen molar-refractivity contribution in [2.24, 2.45) is 0 Å². The van der Waals surface area contributed by atoms with E-state index in [1.54, 1.807) is 6.20 Å². The highest BCUT2D eigenvalue weighted by molar-refractivity contribution is 5.35. The third-order valence-electron chi connectivity index (χ3n) is 3.87. The molecule has 0 spiro atoms. The largest absolute Gasteiger partial charge is 0.386 e. The Morgan fingerprint density at radius 1 is 1.16 bits per heavy atom. The van der Waals surface area contributed by atoms with Crippen LogP contribution in [0.3, 0.4) is 0 Å².